The molecule has 3 aromatic rings. The van der Waals surface area contributed by atoms with Crippen LogP contribution in [0.15, 0.2) is 65.7 Å². The topological polar surface area (TPSA) is 120 Å². The van der Waals surface area contributed by atoms with Gasteiger partial charge in [-0.1, -0.05) is 0 Å². The Hall–Kier alpha value is -3.81. The van der Waals surface area contributed by atoms with Gasteiger partial charge in [0.2, 0.25) is 11.8 Å². The number of pyridine rings is 1. The van der Waals surface area contributed by atoms with Crippen LogP contribution in [0.1, 0.15) is 23.2 Å². The average molecular weight is 377 g/mol. The third kappa shape index (κ3) is 4.88. The van der Waals surface area contributed by atoms with Gasteiger partial charge in [-0.3, -0.25) is 19.4 Å². The molecule has 1 aromatic carbocycles. The molecule has 3 rings (SSSR count). The molecule has 3 N–H and O–H groups in total. The number of benzene rings is 1. The summed E-state index contributed by atoms with van der Waals surface area (Å²) >= 11 is 0. The molecule has 142 valence electrons. The quantitative estimate of drug-likeness (QED) is 0.651. The fourth-order valence-electron chi connectivity index (χ4n) is 2.61. The van der Waals surface area contributed by atoms with Crippen molar-refractivity contribution in [3.63, 3.8) is 0 Å². The van der Waals surface area contributed by atoms with E-state index in [0.29, 0.717) is 29.9 Å². The van der Waals surface area contributed by atoms with Crippen molar-refractivity contribution in [1.29, 1.82) is 0 Å². The first-order valence-corrected chi connectivity index (χ1v) is 8.71. The van der Waals surface area contributed by atoms with Crippen molar-refractivity contribution in [2.75, 3.05) is 5.32 Å². The molecule has 0 atom stereocenters. The van der Waals surface area contributed by atoms with Gasteiger partial charge in [-0.25, -0.2) is 4.68 Å². The number of nitrogens with one attached hydrogen (secondary N) is 1. The van der Waals surface area contributed by atoms with E-state index in [4.69, 9.17) is 5.73 Å². The smallest absolute Gasteiger partial charge is 0.266 e. The second-order valence-corrected chi connectivity index (χ2v) is 6.11. The summed E-state index contributed by atoms with van der Waals surface area (Å²) in [7, 11) is 0. The summed E-state index contributed by atoms with van der Waals surface area (Å²) in [6.45, 7) is 0.320. The molecule has 2 aromatic heterocycles. The highest BCUT2D eigenvalue weighted by Crippen LogP contribution is 2.13. The minimum atomic E-state index is -0.524. The van der Waals surface area contributed by atoms with Crippen molar-refractivity contribution >= 4 is 17.5 Å². The zero-order valence-corrected chi connectivity index (χ0v) is 15.0. The maximum atomic E-state index is 12.1. The minimum Gasteiger partial charge on any atom is -0.366 e. The Morgan fingerprint density at radius 1 is 1.07 bits per heavy atom. The molecule has 2 heterocycles. The van der Waals surface area contributed by atoms with Crippen LogP contribution in [-0.2, 0) is 11.3 Å². The molecule has 0 saturated heterocycles. The number of aryl methyl sites for hydroxylation is 1. The Bertz CT molecular complexity index is 1030. The summed E-state index contributed by atoms with van der Waals surface area (Å²) < 4.78 is 1.34. The maximum absolute atomic E-state index is 12.1. The molecular weight excluding hydrogens is 358 g/mol. The summed E-state index contributed by atoms with van der Waals surface area (Å²) in [5.74, 6) is -0.715. The second kappa shape index (κ2) is 8.72. The SMILES string of the molecule is NC(=O)c1ccc(NC(=O)CCCn2nc(-c3cccnc3)ccc2=O)cc1. The number of primary amides is 1. The van der Waals surface area contributed by atoms with Crippen molar-refractivity contribution < 1.29 is 9.59 Å². The largest absolute Gasteiger partial charge is 0.366 e. The summed E-state index contributed by atoms with van der Waals surface area (Å²) in [4.78, 5) is 39.2. The molecule has 0 saturated carbocycles. The Labute approximate surface area is 161 Å². The minimum absolute atomic E-state index is 0.191. The highest BCUT2D eigenvalue weighted by molar-refractivity contribution is 5.94. The summed E-state index contributed by atoms with van der Waals surface area (Å²) in [6.07, 6.45) is 4.02. The Morgan fingerprint density at radius 3 is 2.54 bits per heavy atom. The van der Waals surface area contributed by atoms with Gasteiger partial charge in [0.05, 0.1) is 5.69 Å². The van der Waals surface area contributed by atoms with Crippen LogP contribution in [0.25, 0.3) is 11.3 Å². The number of nitrogens with zero attached hydrogens (tertiary/aromatic N) is 3. The van der Waals surface area contributed by atoms with E-state index in [1.807, 2.05) is 6.07 Å². The van der Waals surface area contributed by atoms with Gasteiger partial charge in [0.25, 0.3) is 5.56 Å². The Morgan fingerprint density at radius 2 is 1.86 bits per heavy atom. The van der Waals surface area contributed by atoms with Crippen LogP contribution in [-0.4, -0.2) is 26.6 Å². The first-order chi connectivity index (χ1) is 13.5. The van der Waals surface area contributed by atoms with Crippen LogP contribution in [0, 0.1) is 0 Å². The van der Waals surface area contributed by atoms with Gasteiger partial charge in [0.1, 0.15) is 0 Å². The van der Waals surface area contributed by atoms with E-state index in [1.54, 1.807) is 48.8 Å². The van der Waals surface area contributed by atoms with Crippen molar-refractivity contribution in [3.05, 3.63) is 76.8 Å². The highest BCUT2D eigenvalue weighted by Gasteiger charge is 2.07. The molecule has 0 fully saturated rings. The predicted molar refractivity (Wildman–Crippen MR) is 105 cm³/mol. The van der Waals surface area contributed by atoms with Gasteiger partial charge < -0.3 is 11.1 Å². The van der Waals surface area contributed by atoms with Crippen LogP contribution in [0.3, 0.4) is 0 Å². The van der Waals surface area contributed by atoms with Gasteiger partial charge >= 0.3 is 0 Å². The highest BCUT2D eigenvalue weighted by atomic mass is 16.2. The Balaban J connectivity index is 1.56. The third-order valence-corrected chi connectivity index (χ3v) is 4.05. The van der Waals surface area contributed by atoms with Crippen LogP contribution in [0.2, 0.25) is 0 Å². The molecule has 8 heteroatoms. The van der Waals surface area contributed by atoms with Gasteiger partial charge in [0.15, 0.2) is 0 Å². The lowest BCUT2D eigenvalue weighted by atomic mass is 10.2. The van der Waals surface area contributed by atoms with E-state index in [9.17, 15) is 14.4 Å². The maximum Gasteiger partial charge on any atom is 0.266 e. The summed E-state index contributed by atoms with van der Waals surface area (Å²) in [6, 6.07) is 13.1. The van der Waals surface area contributed by atoms with Gasteiger partial charge in [-0.15, -0.1) is 0 Å². The predicted octanol–water partition coefficient (Wildman–Crippen LogP) is 1.82. The first kappa shape index (κ1) is 19.0. The van der Waals surface area contributed by atoms with Gasteiger partial charge in [0, 0.05) is 48.2 Å². The first-order valence-electron chi connectivity index (χ1n) is 8.71. The normalized spacial score (nSPS) is 10.4. The zero-order chi connectivity index (χ0) is 19.9. The molecule has 2 amide bonds. The lowest BCUT2D eigenvalue weighted by Crippen LogP contribution is -2.23. The van der Waals surface area contributed by atoms with Crippen LogP contribution in [0.4, 0.5) is 5.69 Å². The van der Waals surface area contributed by atoms with E-state index in [0.717, 1.165) is 5.56 Å². The lowest BCUT2D eigenvalue weighted by Gasteiger charge is -2.08. The molecule has 0 radical (unpaired) electrons. The number of rotatable bonds is 7. The fraction of sp³-hybridized carbons (Fsp3) is 0.150. The van der Waals surface area contributed by atoms with E-state index in [-0.39, 0.29) is 17.9 Å². The van der Waals surface area contributed by atoms with Crippen molar-refractivity contribution in [1.82, 2.24) is 14.8 Å². The van der Waals surface area contributed by atoms with Crippen LogP contribution < -0.4 is 16.6 Å². The van der Waals surface area contributed by atoms with Crippen molar-refractivity contribution in [2.45, 2.75) is 19.4 Å². The summed E-state index contributed by atoms with van der Waals surface area (Å²) in [5, 5.41) is 7.08. The number of aromatic nitrogens is 3. The number of carbonyl (C=O) groups is 2. The van der Waals surface area contributed by atoms with E-state index >= 15 is 0 Å². The molecule has 0 bridgehead atoms. The van der Waals surface area contributed by atoms with E-state index in [1.165, 1.54) is 10.7 Å². The molecule has 0 aliphatic carbocycles. The number of amides is 2. The molecule has 0 aliphatic rings. The zero-order valence-electron chi connectivity index (χ0n) is 15.0. The number of anilines is 1. The molecule has 0 unspecified atom stereocenters. The van der Waals surface area contributed by atoms with E-state index < -0.39 is 5.91 Å². The number of carbonyl (C=O) groups excluding carboxylic acids is 2. The molecule has 8 nitrogen and oxygen atoms in total. The lowest BCUT2D eigenvalue weighted by molar-refractivity contribution is -0.116. The van der Waals surface area contributed by atoms with Crippen LogP contribution >= 0.6 is 0 Å². The molecule has 0 aliphatic heterocycles. The Kier molecular flexibility index (Phi) is 5.91. The van der Waals surface area contributed by atoms with Crippen molar-refractivity contribution in [3.8, 4) is 11.3 Å². The monoisotopic (exact) mass is 377 g/mol. The van der Waals surface area contributed by atoms with E-state index in [2.05, 4.69) is 15.4 Å². The third-order valence-electron chi connectivity index (χ3n) is 4.05. The molecular formula is C20H19N5O3. The summed E-state index contributed by atoms with van der Waals surface area (Å²) in [5.41, 5.74) is 7.36. The second-order valence-electron chi connectivity index (χ2n) is 6.11. The number of hydrogen-bond acceptors (Lipinski definition) is 5. The molecule has 0 spiro atoms. The van der Waals surface area contributed by atoms with Crippen molar-refractivity contribution in [2.24, 2.45) is 5.73 Å². The number of hydrogen-bond donors (Lipinski definition) is 2. The number of nitrogens with two attached hydrogens (primary N) is 1. The standard InChI is InChI=1S/C20H19N5O3/c21-20(28)14-5-7-16(8-6-14)23-18(26)4-2-12-25-19(27)10-9-17(24-25)15-3-1-11-22-13-15/h1,3,5-11,13H,2,4,12H2,(H2,21,28)(H,23,26). The van der Waals surface area contributed by atoms with Gasteiger partial charge in [-0.05, 0) is 48.9 Å². The van der Waals surface area contributed by atoms with Crippen LogP contribution in [0.5, 0.6) is 0 Å². The van der Waals surface area contributed by atoms with Gasteiger partial charge in [-0.2, -0.15) is 5.10 Å². The average Bonchev–Trinajstić information content (AvgIpc) is 2.70. The molecule has 28 heavy (non-hydrogen) atoms. The fourth-order valence-corrected chi connectivity index (χ4v) is 2.61.